The molecule has 1 saturated carbocycles. The van der Waals surface area contributed by atoms with Crippen LogP contribution >= 0.6 is 11.6 Å². The Morgan fingerprint density at radius 3 is 3.00 bits per heavy atom. The van der Waals surface area contributed by atoms with Crippen LogP contribution in [0.1, 0.15) is 18.6 Å². The standard InChI is InChI=1S/C18H20ClN3O2/c19-18-13-3-1-2-4-16(13)24-17(18)9-21-14-7-12(8-15(14)23)10-22-6-5-20-11-22/h1-6,11-12,14-15,21,23H,7-10H2/t12?,14-,15-/m1/s1. The normalized spacial score (nSPS) is 24.0. The molecule has 0 bridgehead atoms. The number of rotatable bonds is 5. The molecule has 126 valence electrons. The average molecular weight is 346 g/mol. The lowest BCUT2D eigenvalue weighted by molar-refractivity contribution is 0.144. The van der Waals surface area contributed by atoms with Gasteiger partial charge in [-0.1, -0.05) is 23.7 Å². The highest BCUT2D eigenvalue weighted by molar-refractivity contribution is 6.36. The fourth-order valence-electron chi connectivity index (χ4n) is 3.58. The summed E-state index contributed by atoms with van der Waals surface area (Å²) in [5.41, 5.74) is 0.796. The van der Waals surface area contributed by atoms with E-state index in [9.17, 15) is 5.11 Å². The van der Waals surface area contributed by atoms with Gasteiger partial charge in [0.05, 0.1) is 24.0 Å². The molecule has 0 saturated heterocycles. The molecule has 1 aliphatic carbocycles. The first-order valence-electron chi connectivity index (χ1n) is 8.24. The minimum atomic E-state index is -0.346. The van der Waals surface area contributed by atoms with Crippen LogP contribution in [0.15, 0.2) is 47.4 Å². The third kappa shape index (κ3) is 3.07. The van der Waals surface area contributed by atoms with E-state index >= 15 is 0 Å². The second-order valence-corrected chi connectivity index (χ2v) is 6.86. The molecule has 3 atom stereocenters. The van der Waals surface area contributed by atoms with Crippen LogP contribution in [-0.4, -0.2) is 26.8 Å². The zero-order valence-corrected chi connectivity index (χ0v) is 14.0. The van der Waals surface area contributed by atoms with E-state index in [2.05, 4.69) is 14.9 Å². The van der Waals surface area contributed by atoms with Crippen LogP contribution in [0.4, 0.5) is 0 Å². The summed E-state index contributed by atoms with van der Waals surface area (Å²) in [5, 5.41) is 15.3. The van der Waals surface area contributed by atoms with E-state index in [1.54, 1.807) is 6.20 Å². The lowest BCUT2D eigenvalue weighted by atomic mass is 10.1. The van der Waals surface area contributed by atoms with Crippen LogP contribution in [0.2, 0.25) is 5.02 Å². The van der Waals surface area contributed by atoms with Crippen LogP contribution in [0, 0.1) is 5.92 Å². The highest BCUT2D eigenvalue weighted by Gasteiger charge is 2.33. The number of imidazole rings is 1. The van der Waals surface area contributed by atoms with Gasteiger partial charge in [0.25, 0.3) is 0 Å². The van der Waals surface area contributed by atoms with Crippen molar-refractivity contribution in [2.75, 3.05) is 0 Å². The van der Waals surface area contributed by atoms with Crippen molar-refractivity contribution < 1.29 is 9.52 Å². The number of halogens is 1. The fraction of sp³-hybridized carbons (Fsp3) is 0.389. The van der Waals surface area contributed by atoms with Crippen molar-refractivity contribution in [2.45, 2.75) is 38.1 Å². The Morgan fingerprint density at radius 2 is 2.21 bits per heavy atom. The van der Waals surface area contributed by atoms with E-state index < -0.39 is 0 Å². The average Bonchev–Trinajstić information content (AvgIpc) is 3.28. The van der Waals surface area contributed by atoms with Crippen molar-refractivity contribution in [1.29, 1.82) is 0 Å². The van der Waals surface area contributed by atoms with Gasteiger partial charge in [0.1, 0.15) is 11.3 Å². The van der Waals surface area contributed by atoms with Crippen molar-refractivity contribution in [3.63, 3.8) is 0 Å². The molecular weight excluding hydrogens is 326 g/mol. The molecule has 2 aromatic heterocycles. The van der Waals surface area contributed by atoms with Gasteiger partial charge in [0.15, 0.2) is 0 Å². The molecule has 0 amide bonds. The Kier molecular flexibility index (Phi) is 4.31. The molecule has 1 fully saturated rings. The van der Waals surface area contributed by atoms with Crippen molar-refractivity contribution in [3.8, 4) is 0 Å². The first-order chi connectivity index (χ1) is 11.7. The number of para-hydroxylation sites is 1. The highest BCUT2D eigenvalue weighted by atomic mass is 35.5. The zero-order valence-electron chi connectivity index (χ0n) is 13.2. The Labute approximate surface area is 145 Å². The predicted molar refractivity (Wildman–Crippen MR) is 92.8 cm³/mol. The molecule has 1 aliphatic rings. The van der Waals surface area contributed by atoms with Gasteiger partial charge < -0.3 is 19.4 Å². The van der Waals surface area contributed by atoms with Crippen molar-refractivity contribution in [2.24, 2.45) is 5.92 Å². The van der Waals surface area contributed by atoms with Gasteiger partial charge in [-0.3, -0.25) is 0 Å². The second-order valence-electron chi connectivity index (χ2n) is 6.49. The molecule has 5 nitrogen and oxygen atoms in total. The number of nitrogens with one attached hydrogen (secondary N) is 1. The number of hydrogen-bond acceptors (Lipinski definition) is 4. The second kappa shape index (κ2) is 6.59. The smallest absolute Gasteiger partial charge is 0.137 e. The molecular formula is C18H20ClN3O2. The van der Waals surface area contributed by atoms with Crippen LogP contribution < -0.4 is 5.32 Å². The lowest BCUT2D eigenvalue weighted by Gasteiger charge is -2.15. The Bertz CT molecular complexity index is 815. The van der Waals surface area contributed by atoms with Gasteiger partial charge in [0.2, 0.25) is 0 Å². The number of aliphatic hydroxyl groups is 1. The number of fused-ring (bicyclic) bond motifs is 1. The molecule has 1 unspecified atom stereocenters. The number of aromatic nitrogens is 2. The summed E-state index contributed by atoms with van der Waals surface area (Å²) < 4.78 is 7.88. The summed E-state index contributed by atoms with van der Waals surface area (Å²) >= 11 is 6.40. The lowest BCUT2D eigenvalue weighted by Crippen LogP contribution is -2.35. The molecule has 6 heteroatoms. The third-order valence-corrected chi connectivity index (χ3v) is 5.20. The molecule has 0 aliphatic heterocycles. The van der Waals surface area contributed by atoms with E-state index in [0.29, 0.717) is 17.5 Å². The van der Waals surface area contributed by atoms with Gasteiger partial charge in [0, 0.05) is 30.4 Å². The summed E-state index contributed by atoms with van der Waals surface area (Å²) in [5.74, 6) is 1.17. The molecule has 2 heterocycles. The molecule has 24 heavy (non-hydrogen) atoms. The first-order valence-corrected chi connectivity index (χ1v) is 8.61. The summed E-state index contributed by atoms with van der Waals surface area (Å²) in [6, 6.07) is 7.80. The van der Waals surface area contributed by atoms with Crippen LogP contribution in [-0.2, 0) is 13.1 Å². The monoisotopic (exact) mass is 345 g/mol. The topological polar surface area (TPSA) is 63.2 Å². The van der Waals surface area contributed by atoms with Gasteiger partial charge in [-0.05, 0) is 30.9 Å². The molecule has 1 aromatic carbocycles. The quantitative estimate of drug-likeness (QED) is 0.745. The van der Waals surface area contributed by atoms with Gasteiger partial charge >= 0.3 is 0 Å². The van der Waals surface area contributed by atoms with Crippen molar-refractivity contribution in [3.05, 3.63) is 53.8 Å². The van der Waals surface area contributed by atoms with E-state index in [4.69, 9.17) is 16.0 Å². The third-order valence-electron chi connectivity index (χ3n) is 4.78. The molecule has 0 spiro atoms. The molecule has 2 N–H and O–H groups in total. The van der Waals surface area contributed by atoms with E-state index in [-0.39, 0.29) is 12.1 Å². The summed E-state index contributed by atoms with van der Waals surface area (Å²) in [6.07, 6.45) is 6.94. The SMILES string of the molecule is O[C@@H]1CC(Cn2ccnc2)C[C@H]1NCc1oc2ccccc2c1Cl. The van der Waals surface area contributed by atoms with Crippen molar-refractivity contribution >= 4 is 22.6 Å². The van der Waals surface area contributed by atoms with Gasteiger partial charge in [-0.15, -0.1) is 0 Å². The first kappa shape index (κ1) is 15.7. The largest absolute Gasteiger partial charge is 0.458 e. The summed E-state index contributed by atoms with van der Waals surface area (Å²) in [7, 11) is 0. The fourth-order valence-corrected chi connectivity index (χ4v) is 3.84. The van der Waals surface area contributed by atoms with Crippen LogP contribution in [0.3, 0.4) is 0 Å². The predicted octanol–water partition coefficient (Wildman–Crippen LogP) is 3.21. The van der Waals surface area contributed by atoms with E-state index in [1.165, 1.54) is 0 Å². The maximum Gasteiger partial charge on any atom is 0.137 e. The Balaban J connectivity index is 1.39. The van der Waals surface area contributed by atoms with Crippen molar-refractivity contribution in [1.82, 2.24) is 14.9 Å². The molecule has 4 rings (SSSR count). The zero-order chi connectivity index (χ0) is 16.5. The Hall–Kier alpha value is -1.82. The van der Waals surface area contributed by atoms with E-state index in [0.717, 1.165) is 36.1 Å². The van der Waals surface area contributed by atoms with Crippen LogP contribution in [0.5, 0.6) is 0 Å². The van der Waals surface area contributed by atoms with Crippen LogP contribution in [0.25, 0.3) is 11.0 Å². The molecule has 3 aromatic rings. The number of furan rings is 1. The Morgan fingerprint density at radius 1 is 1.33 bits per heavy atom. The number of nitrogens with zero attached hydrogens (tertiary/aromatic N) is 2. The number of benzene rings is 1. The van der Waals surface area contributed by atoms with Gasteiger partial charge in [-0.2, -0.15) is 0 Å². The van der Waals surface area contributed by atoms with Gasteiger partial charge in [-0.25, -0.2) is 4.98 Å². The maximum absolute atomic E-state index is 10.3. The number of aliphatic hydroxyl groups excluding tert-OH is 1. The maximum atomic E-state index is 10.3. The minimum absolute atomic E-state index is 0.0581. The minimum Gasteiger partial charge on any atom is -0.458 e. The van der Waals surface area contributed by atoms with E-state index in [1.807, 2.05) is 36.8 Å². The summed E-state index contributed by atoms with van der Waals surface area (Å²) in [4.78, 5) is 4.07. The highest BCUT2D eigenvalue weighted by Crippen LogP contribution is 2.32. The summed E-state index contributed by atoms with van der Waals surface area (Å²) in [6.45, 7) is 1.41. The number of hydrogen-bond donors (Lipinski definition) is 2. The molecule has 0 radical (unpaired) electrons.